The number of aliphatic carboxylic acids is 3. The van der Waals surface area contributed by atoms with Gasteiger partial charge in [0.25, 0.3) is 0 Å². The van der Waals surface area contributed by atoms with Crippen LogP contribution in [-0.2, 0) is 14.4 Å². The van der Waals surface area contributed by atoms with Gasteiger partial charge in [-0.2, -0.15) is 0 Å². The summed E-state index contributed by atoms with van der Waals surface area (Å²) in [6, 6.07) is 0. The summed E-state index contributed by atoms with van der Waals surface area (Å²) in [5.41, 5.74) is 0. The number of hydrogen-bond donors (Lipinski definition) is 0. The minimum atomic E-state index is -1.08. The first-order chi connectivity index (χ1) is 5.20. The molecular formula is C6H17O10Tm. The second kappa shape index (κ2) is 45.1. The fraction of sp³-hybridized carbons (Fsp3) is 0.500. The number of carboxylic acids is 3. The van der Waals surface area contributed by atoms with Crippen molar-refractivity contribution < 1.29 is 88.5 Å². The van der Waals surface area contributed by atoms with E-state index >= 15 is 0 Å². The Morgan fingerprint density at radius 1 is 0.588 bits per heavy atom. The number of carboxylic acid groups (broad SMARTS) is 3. The van der Waals surface area contributed by atoms with Gasteiger partial charge in [0.2, 0.25) is 0 Å². The minimum Gasteiger partial charge on any atom is -0.550 e. The van der Waals surface area contributed by atoms with Gasteiger partial charge in [0, 0.05) is 17.9 Å². The Balaban J connectivity index is -0.0000000104. The molecule has 8 N–H and O–H groups in total. The molecule has 0 unspecified atom stereocenters. The molecule has 0 aromatic heterocycles. The summed E-state index contributed by atoms with van der Waals surface area (Å²) in [4.78, 5) is 26.7. The molecule has 0 amide bonds. The van der Waals surface area contributed by atoms with Crippen LogP contribution in [0.15, 0.2) is 0 Å². The molecule has 0 radical (unpaired) electrons. The van der Waals surface area contributed by atoms with Crippen LogP contribution in [0.3, 0.4) is 0 Å². The molecule has 11 heteroatoms. The first-order valence-electron chi connectivity index (χ1n) is 2.72. The molecule has 0 heterocycles. The van der Waals surface area contributed by atoms with Crippen molar-refractivity contribution in [3.05, 3.63) is 0 Å². The van der Waals surface area contributed by atoms with E-state index in [-0.39, 0.29) is 58.8 Å². The van der Waals surface area contributed by atoms with Crippen molar-refractivity contribution >= 4 is 17.9 Å². The zero-order valence-corrected chi connectivity index (χ0v) is 11.0. The first kappa shape index (κ1) is 54.9. The topological polar surface area (TPSA) is 246 Å². The van der Waals surface area contributed by atoms with Gasteiger partial charge in [0.15, 0.2) is 0 Å². The number of rotatable bonds is 0. The van der Waals surface area contributed by atoms with Crippen LogP contribution < -0.4 is 15.3 Å². The van der Waals surface area contributed by atoms with Crippen LogP contribution in [0.1, 0.15) is 20.8 Å². The molecule has 0 aliphatic rings. The van der Waals surface area contributed by atoms with Gasteiger partial charge in [-0.3, -0.25) is 0 Å². The molecule has 17 heavy (non-hydrogen) atoms. The van der Waals surface area contributed by atoms with Crippen LogP contribution in [-0.4, -0.2) is 39.8 Å². The standard InChI is InChI=1S/3C2H4O2.4H2O.Tm/c3*1-2(3)4;;;;;/h3*1H3,(H,3,4);4*1H2;/q;;;;;;;+3/p-3. The maximum Gasteiger partial charge on any atom is 3.00 e. The second-order valence-corrected chi connectivity index (χ2v) is 1.47. The summed E-state index contributed by atoms with van der Waals surface area (Å²) >= 11 is 0. The Kier molecular flexibility index (Phi) is 146. The van der Waals surface area contributed by atoms with E-state index in [1.54, 1.807) is 0 Å². The smallest absolute Gasteiger partial charge is 0.550 e. The van der Waals surface area contributed by atoms with E-state index in [0.29, 0.717) is 0 Å². The Bertz CT molecular complexity index is 118. The van der Waals surface area contributed by atoms with E-state index in [4.69, 9.17) is 29.7 Å². The third-order valence-corrected chi connectivity index (χ3v) is 0. The zero-order chi connectivity index (χ0) is 10.7. The van der Waals surface area contributed by atoms with E-state index in [2.05, 4.69) is 0 Å². The number of carbonyl (C=O) groups is 3. The van der Waals surface area contributed by atoms with Crippen LogP contribution in [0, 0.1) is 36.9 Å². The Labute approximate surface area is 127 Å². The first-order valence-corrected chi connectivity index (χ1v) is 2.72. The third kappa shape index (κ3) is 10600. The zero-order valence-electron chi connectivity index (χ0n) is 9.23. The SMILES string of the molecule is CC(=O)[O-].CC(=O)[O-].CC(=O)[O-].O.O.O.O.[Tm+3]. The quantitative estimate of drug-likeness (QED) is 0.369. The fourth-order valence-electron chi connectivity index (χ4n) is 0. The molecule has 0 aromatic rings. The number of carbonyl (C=O) groups excluding carboxylic acids is 3. The predicted molar refractivity (Wildman–Crippen MR) is 46.5 cm³/mol. The van der Waals surface area contributed by atoms with Gasteiger partial charge in [-0.25, -0.2) is 0 Å². The van der Waals surface area contributed by atoms with Gasteiger partial charge in [-0.1, -0.05) is 0 Å². The molecule has 0 rings (SSSR count). The van der Waals surface area contributed by atoms with Crippen LogP contribution in [0.2, 0.25) is 0 Å². The fourth-order valence-corrected chi connectivity index (χ4v) is 0. The second-order valence-electron chi connectivity index (χ2n) is 1.47. The molecule has 0 spiro atoms. The molecule has 0 saturated carbocycles. The summed E-state index contributed by atoms with van der Waals surface area (Å²) in [7, 11) is 0. The average Bonchev–Trinajstić information content (AvgIpc) is 1.54. The maximum atomic E-state index is 8.89. The summed E-state index contributed by atoms with van der Waals surface area (Å²) in [6.07, 6.45) is 0. The molecule has 0 atom stereocenters. The van der Waals surface area contributed by atoms with Crippen molar-refractivity contribution in [2.75, 3.05) is 0 Å². The van der Waals surface area contributed by atoms with Crippen molar-refractivity contribution in [3.63, 3.8) is 0 Å². The Morgan fingerprint density at radius 3 is 0.588 bits per heavy atom. The van der Waals surface area contributed by atoms with Crippen LogP contribution in [0.5, 0.6) is 0 Å². The van der Waals surface area contributed by atoms with Gasteiger partial charge in [0.1, 0.15) is 0 Å². The van der Waals surface area contributed by atoms with Crippen molar-refractivity contribution in [2.24, 2.45) is 0 Å². The van der Waals surface area contributed by atoms with Crippen LogP contribution in [0.4, 0.5) is 0 Å². The van der Waals surface area contributed by atoms with Gasteiger partial charge in [0.05, 0.1) is 0 Å². The van der Waals surface area contributed by atoms with Gasteiger partial charge in [-0.15, -0.1) is 0 Å². The Hall–Kier alpha value is -0.516. The average molecular weight is 418 g/mol. The van der Waals surface area contributed by atoms with E-state index < -0.39 is 17.9 Å². The molecule has 0 fully saturated rings. The van der Waals surface area contributed by atoms with Crippen LogP contribution in [0.25, 0.3) is 0 Å². The number of hydrogen-bond acceptors (Lipinski definition) is 6. The molecular weight excluding hydrogens is 401 g/mol. The van der Waals surface area contributed by atoms with E-state index in [1.165, 1.54) is 0 Å². The minimum absolute atomic E-state index is 0. The van der Waals surface area contributed by atoms with Crippen molar-refractivity contribution in [2.45, 2.75) is 20.8 Å². The molecule has 114 valence electrons. The normalized spacial score (nSPS) is 4.41. The Morgan fingerprint density at radius 2 is 0.588 bits per heavy atom. The molecule has 0 aromatic carbocycles. The largest absolute Gasteiger partial charge is 3.00 e. The summed E-state index contributed by atoms with van der Waals surface area (Å²) < 4.78 is 0. The maximum absolute atomic E-state index is 8.89. The molecule has 10 nitrogen and oxygen atoms in total. The molecule has 0 aliphatic carbocycles. The van der Waals surface area contributed by atoms with Gasteiger partial charge >= 0.3 is 36.9 Å². The molecule has 0 saturated heterocycles. The van der Waals surface area contributed by atoms with Gasteiger partial charge < -0.3 is 51.6 Å². The summed E-state index contributed by atoms with van der Waals surface area (Å²) in [5.74, 6) is -3.25. The van der Waals surface area contributed by atoms with E-state index in [9.17, 15) is 0 Å². The third-order valence-electron chi connectivity index (χ3n) is 0. The summed E-state index contributed by atoms with van der Waals surface area (Å²) in [5, 5.41) is 26.7. The van der Waals surface area contributed by atoms with E-state index in [1.807, 2.05) is 0 Å². The van der Waals surface area contributed by atoms with Crippen molar-refractivity contribution in [3.8, 4) is 0 Å². The van der Waals surface area contributed by atoms with Crippen molar-refractivity contribution in [1.29, 1.82) is 0 Å². The molecule has 0 aliphatic heterocycles. The summed E-state index contributed by atoms with van der Waals surface area (Å²) in [6.45, 7) is 2.92. The van der Waals surface area contributed by atoms with Crippen LogP contribution >= 0.6 is 0 Å². The van der Waals surface area contributed by atoms with Gasteiger partial charge in [-0.05, 0) is 20.8 Å². The predicted octanol–water partition coefficient (Wildman–Crippen LogP) is -7.03. The molecule has 0 bridgehead atoms. The monoisotopic (exact) mass is 418 g/mol. The van der Waals surface area contributed by atoms with Crippen molar-refractivity contribution in [1.82, 2.24) is 0 Å². The van der Waals surface area contributed by atoms with E-state index in [0.717, 1.165) is 20.8 Å².